The predicted octanol–water partition coefficient (Wildman–Crippen LogP) is 3.72. The van der Waals surface area contributed by atoms with Gasteiger partial charge in [-0.15, -0.1) is 0 Å². The maximum atomic E-state index is 12.4. The van der Waals surface area contributed by atoms with Crippen LogP contribution in [0.25, 0.3) is 0 Å². The van der Waals surface area contributed by atoms with Gasteiger partial charge in [0.05, 0.1) is 5.69 Å². The second kappa shape index (κ2) is 7.31. The van der Waals surface area contributed by atoms with E-state index in [1.54, 1.807) is 25.1 Å². The number of anilines is 2. The highest BCUT2D eigenvalue weighted by Gasteiger charge is 2.19. The van der Waals surface area contributed by atoms with Crippen LogP contribution in [0.3, 0.4) is 0 Å². The van der Waals surface area contributed by atoms with Crippen LogP contribution in [0.15, 0.2) is 42.5 Å². The van der Waals surface area contributed by atoms with Crippen LogP contribution in [0, 0.1) is 0 Å². The van der Waals surface area contributed by atoms with Crippen LogP contribution in [0.1, 0.15) is 33.3 Å². The highest BCUT2D eigenvalue weighted by atomic mass is 16.5. The molecule has 0 aliphatic carbocycles. The molecule has 6 heteroatoms. The quantitative estimate of drug-likeness (QED) is 0.862. The zero-order valence-corrected chi connectivity index (χ0v) is 16.0. The molecule has 2 amide bonds. The summed E-state index contributed by atoms with van der Waals surface area (Å²) in [5.74, 6) is 0.715. The Morgan fingerprint density at radius 1 is 1.19 bits per heavy atom. The summed E-state index contributed by atoms with van der Waals surface area (Å²) in [5, 5.41) is 5.51. The van der Waals surface area contributed by atoms with Crippen LogP contribution in [-0.4, -0.2) is 24.5 Å². The van der Waals surface area contributed by atoms with E-state index in [1.165, 1.54) is 5.56 Å². The third-order valence-corrected chi connectivity index (χ3v) is 4.28. The summed E-state index contributed by atoms with van der Waals surface area (Å²) in [6.07, 6.45) is -0.674. The Labute approximate surface area is 158 Å². The number of ether oxygens (including phenoxy) is 2. The molecule has 1 unspecified atom stereocenters. The average Bonchev–Trinajstić information content (AvgIpc) is 2.61. The molecule has 0 fully saturated rings. The standard InChI is InChI=1S/C21H24N2O4/c1-13(27-16-8-5-14(6-9-16)21(2,3)4)20(25)22-15-7-10-18-17(11-15)23-19(24)12-26-18/h5-11,13H,12H2,1-4H3,(H,22,25)(H,23,24). The fourth-order valence-electron chi connectivity index (χ4n) is 2.70. The van der Waals surface area contributed by atoms with Crippen molar-refractivity contribution in [3.63, 3.8) is 0 Å². The van der Waals surface area contributed by atoms with E-state index in [-0.39, 0.29) is 23.8 Å². The third kappa shape index (κ3) is 4.58. The first-order valence-corrected chi connectivity index (χ1v) is 8.87. The van der Waals surface area contributed by atoms with Crippen LogP contribution in [0.4, 0.5) is 11.4 Å². The van der Waals surface area contributed by atoms with Gasteiger partial charge in [-0.1, -0.05) is 32.9 Å². The van der Waals surface area contributed by atoms with Gasteiger partial charge < -0.3 is 20.1 Å². The Bertz CT molecular complexity index is 853. The number of carbonyl (C=O) groups excluding carboxylic acids is 2. The molecule has 2 N–H and O–H groups in total. The largest absolute Gasteiger partial charge is 0.482 e. The molecule has 1 aliphatic rings. The van der Waals surface area contributed by atoms with E-state index in [4.69, 9.17) is 9.47 Å². The molecule has 0 spiro atoms. The minimum atomic E-state index is -0.674. The van der Waals surface area contributed by atoms with E-state index in [0.717, 1.165) is 0 Å². The Morgan fingerprint density at radius 2 is 1.89 bits per heavy atom. The Balaban J connectivity index is 1.62. The van der Waals surface area contributed by atoms with E-state index >= 15 is 0 Å². The SMILES string of the molecule is CC(Oc1ccc(C(C)(C)C)cc1)C(=O)Nc1ccc2c(c1)NC(=O)CO2. The highest BCUT2D eigenvalue weighted by molar-refractivity contribution is 5.98. The number of hydrogen-bond acceptors (Lipinski definition) is 4. The smallest absolute Gasteiger partial charge is 0.265 e. The molecule has 27 heavy (non-hydrogen) atoms. The number of amides is 2. The monoisotopic (exact) mass is 368 g/mol. The van der Waals surface area contributed by atoms with Gasteiger partial charge in [0.1, 0.15) is 11.5 Å². The summed E-state index contributed by atoms with van der Waals surface area (Å²) in [4.78, 5) is 23.8. The van der Waals surface area contributed by atoms with Gasteiger partial charge in [-0.05, 0) is 48.2 Å². The van der Waals surface area contributed by atoms with Crippen LogP contribution in [-0.2, 0) is 15.0 Å². The summed E-state index contributed by atoms with van der Waals surface area (Å²) >= 11 is 0. The van der Waals surface area contributed by atoms with Crippen molar-refractivity contribution in [3.05, 3.63) is 48.0 Å². The molecular weight excluding hydrogens is 344 g/mol. The first-order valence-electron chi connectivity index (χ1n) is 8.87. The van der Waals surface area contributed by atoms with Crippen LogP contribution < -0.4 is 20.1 Å². The lowest BCUT2D eigenvalue weighted by Crippen LogP contribution is -2.30. The van der Waals surface area contributed by atoms with Crippen molar-refractivity contribution >= 4 is 23.2 Å². The Kier molecular flexibility index (Phi) is 5.08. The minimum absolute atomic E-state index is 0.00240. The number of carbonyl (C=O) groups is 2. The van der Waals surface area contributed by atoms with Gasteiger partial charge in [-0.3, -0.25) is 9.59 Å². The number of rotatable bonds is 4. The summed E-state index contributed by atoms with van der Waals surface area (Å²) in [6, 6.07) is 12.8. The third-order valence-electron chi connectivity index (χ3n) is 4.28. The molecule has 6 nitrogen and oxygen atoms in total. The van der Waals surface area contributed by atoms with Crippen molar-refractivity contribution in [3.8, 4) is 11.5 Å². The van der Waals surface area contributed by atoms with Gasteiger partial charge in [0.25, 0.3) is 11.8 Å². The Hall–Kier alpha value is -3.02. The maximum Gasteiger partial charge on any atom is 0.265 e. The van der Waals surface area contributed by atoms with Crippen molar-refractivity contribution in [1.29, 1.82) is 0 Å². The normalized spacial score (nSPS) is 14.4. The summed E-state index contributed by atoms with van der Waals surface area (Å²) in [6.45, 7) is 8.12. The van der Waals surface area contributed by atoms with E-state index < -0.39 is 6.10 Å². The van der Waals surface area contributed by atoms with E-state index in [1.807, 2.05) is 24.3 Å². The molecule has 1 atom stereocenters. The first kappa shape index (κ1) is 18.8. The lowest BCUT2D eigenvalue weighted by Gasteiger charge is -2.21. The van der Waals surface area contributed by atoms with Crippen molar-refractivity contribution < 1.29 is 19.1 Å². The second-order valence-electron chi connectivity index (χ2n) is 7.57. The van der Waals surface area contributed by atoms with Crippen molar-refractivity contribution in [2.45, 2.75) is 39.2 Å². The molecule has 1 aliphatic heterocycles. The maximum absolute atomic E-state index is 12.4. The summed E-state index contributed by atoms with van der Waals surface area (Å²) in [7, 11) is 0. The summed E-state index contributed by atoms with van der Waals surface area (Å²) in [5.41, 5.74) is 2.36. The number of fused-ring (bicyclic) bond motifs is 1. The predicted molar refractivity (Wildman–Crippen MR) is 104 cm³/mol. The van der Waals surface area contributed by atoms with Crippen molar-refractivity contribution in [1.82, 2.24) is 0 Å². The zero-order valence-electron chi connectivity index (χ0n) is 16.0. The van der Waals surface area contributed by atoms with Gasteiger partial charge in [0, 0.05) is 5.69 Å². The van der Waals surface area contributed by atoms with Crippen molar-refractivity contribution in [2.75, 3.05) is 17.2 Å². The van der Waals surface area contributed by atoms with E-state index in [2.05, 4.69) is 31.4 Å². The molecule has 2 aromatic carbocycles. The van der Waals surface area contributed by atoms with Crippen molar-refractivity contribution in [2.24, 2.45) is 0 Å². The highest BCUT2D eigenvalue weighted by Crippen LogP contribution is 2.30. The average molecular weight is 368 g/mol. The molecule has 0 bridgehead atoms. The lowest BCUT2D eigenvalue weighted by molar-refractivity contribution is -0.122. The van der Waals surface area contributed by atoms with Gasteiger partial charge in [-0.25, -0.2) is 0 Å². The Morgan fingerprint density at radius 3 is 2.56 bits per heavy atom. The molecule has 142 valence electrons. The first-order chi connectivity index (χ1) is 12.7. The number of hydrogen-bond donors (Lipinski definition) is 2. The van der Waals surface area contributed by atoms with Gasteiger partial charge in [0.15, 0.2) is 12.7 Å². The number of nitrogens with one attached hydrogen (secondary N) is 2. The fraction of sp³-hybridized carbons (Fsp3) is 0.333. The summed E-state index contributed by atoms with van der Waals surface area (Å²) < 4.78 is 11.0. The van der Waals surface area contributed by atoms with E-state index in [9.17, 15) is 9.59 Å². The molecule has 0 radical (unpaired) electrons. The zero-order chi connectivity index (χ0) is 19.6. The minimum Gasteiger partial charge on any atom is -0.482 e. The molecule has 0 saturated carbocycles. The van der Waals surface area contributed by atoms with Crippen LogP contribution in [0.5, 0.6) is 11.5 Å². The molecule has 0 saturated heterocycles. The lowest BCUT2D eigenvalue weighted by atomic mass is 9.87. The number of benzene rings is 2. The molecular formula is C21H24N2O4. The van der Waals surface area contributed by atoms with Crippen LogP contribution >= 0.6 is 0 Å². The van der Waals surface area contributed by atoms with Crippen LogP contribution in [0.2, 0.25) is 0 Å². The molecule has 3 rings (SSSR count). The molecule has 2 aromatic rings. The van der Waals surface area contributed by atoms with Gasteiger partial charge in [-0.2, -0.15) is 0 Å². The molecule has 0 aromatic heterocycles. The van der Waals surface area contributed by atoms with Gasteiger partial charge in [0.2, 0.25) is 0 Å². The molecule has 1 heterocycles. The topological polar surface area (TPSA) is 76.7 Å². The van der Waals surface area contributed by atoms with E-state index in [0.29, 0.717) is 22.9 Å². The fourth-order valence-corrected chi connectivity index (χ4v) is 2.70. The second-order valence-corrected chi connectivity index (χ2v) is 7.57. The van der Waals surface area contributed by atoms with Gasteiger partial charge >= 0.3 is 0 Å².